The maximum absolute atomic E-state index is 12.0. The van der Waals surface area contributed by atoms with Crippen LogP contribution in [0.5, 0.6) is 0 Å². The minimum atomic E-state index is -0.910. The molecular formula is C19H12BrN3O2. The van der Waals surface area contributed by atoms with Gasteiger partial charge in [-0.05, 0) is 32.6 Å². The molecule has 2 aromatic carbocycles. The van der Waals surface area contributed by atoms with E-state index in [2.05, 4.69) is 27.2 Å². The predicted octanol–water partition coefficient (Wildman–Crippen LogP) is 4.90. The van der Waals surface area contributed by atoms with Crippen LogP contribution >= 0.6 is 15.9 Å². The van der Waals surface area contributed by atoms with Gasteiger partial charge in [0.2, 0.25) is 0 Å². The van der Waals surface area contributed by atoms with Crippen molar-refractivity contribution >= 4 is 21.8 Å². The van der Waals surface area contributed by atoms with Crippen molar-refractivity contribution in [3.8, 4) is 28.3 Å². The highest BCUT2D eigenvalue weighted by molar-refractivity contribution is 9.10. The molecule has 1 aromatic heterocycles. The third kappa shape index (κ3) is 2.90. The molecule has 1 heterocycles. The molecule has 0 saturated carbocycles. The maximum atomic E-state index is 12.0. The molecule has 5 nitrogen and oxygen atoms in total. The number of carbonyl (C=O) groups excluding carboxylic acids is 1. The van der Waals surface area contributed by atoms with E-state index in [0.29, 0.717) is 21.3 Å². The van der Waals surface area contributed by atoms with E-state index in [1.165, 1.54) is 4.57 Å². The lowest BCUT2D eigenvalue weighted by Gasteiger charge is -2.06. The molecule has 0 spiro atoms. The van der Waals surface area contributed by atoms with Gasteiger partial charge in [0, 0.05) is 17.8 Å². The van der Waals surface area contributed by atoms with Crippen LogP contribution < -0.4 is 0 Å². The summed E-state index contributed by atoms with van der Waals surface area (Å²) in [5, 5.41) is 12.0. The first kappa shape index (κ1) is 16.8. The largest absolute Gasteiger partial charge is 0.333 e. The lowest BCUT2D eigenvalue weighted by atomic mass is 9.98. The second-order valence-corrected chi connectivity index (χ2v) is 6.15. The van der Waals surface area contributed by atoms with Gasteiger partial charge in [-0.3, -0.25) is 4.79 Å². The number of rotatable bonds is 3. The third-order valence-electron chi connectivity index (χ3n) is 4.00. The van der Waals surface area contributed by atoms with Crippen LogP contribution in [0.1, 0.15) is 16.1 Å². The van der Waals surface area contributed by atoms with Crippen molar-refractivity contribution < 1.29 is 4.79 Å². The number of nitrogens with zero attached hydrogens (tertiary/aromatic N) is 3. The molecule has 1 amide bonds. The fourth-order valence-corrected chi connectivity index (χ4v) is 3.26. The van der Waals surface area contributed by atoms with E-state index >= 15 is 0 Å². The zero-order valence-electron chi connectivity index (χ0n) is 13.2. The third-order valence-corrected chi connectivity index (χ3v) is 4.93. The van der Waals surface area contributed by atoms with Crippen molar-refractivity contribution in [3.05, 3.63) is 75.4 Å². The SMILES string of the molecule is Cn1c(Br)c(C#N)c(-c2ccc(-c3ccccc3)cc2)c1C(=O)N=O. The zero-order valence-corrected chi connectivity index (χ0v) is 14.8. The van der Waals surface area contributed by atoms with Crippen molar-refractivity contribution in [2.45, 2.75) is 0 Å². The maximum Gasteiger partial charge on any atom is 0.333 e. The first-order valence-corrected chi connectivity index (χ1v) is 8.19. The molecule has 122 valence electrons. The Bertz CT molecular complexity index is 1000. The first-order chi connectivity index (χ1) is 12.1. The smallest absolute Gasteiger partial charge is 0.333 e. The van der Waals surface area contributed by atoms with Crippen LogP contribution in [0.25, 0.3) is 22.3 Å². The summed E-state index contributed by atoms with van der Waals surface area (Å²) in [6.45, 7) is 0. The van der Waals surface area contributed by atoms with Crippen molar-refractivity contribution in [1.29, 1.82) is 5.26 Å². The molecule has 0 bridgehead atoms. The van der Waals surface area contributed by atoms with E-state index in [9.17, 15) is 15.0 Å². The van der Waals surface area contributed by atoms with Crippen LogP contribution in [0.2, 0.25) is 0 Å². The fraction of sp³-hybridized carbons (Fsp3) is 0.0526. The molecule has 0 fully saturated rings. The minimum Gasteiger partial charge on any atom is -0.333 e. The Kier molecular flexibility index (Phi) is 4.59. The van der Waals surface area contributed by atoms with Crippen LogP contribution in [0.4, 0.5) is 0 Å². The highest BCUT2D eigenvalue weighted by Gasteiger charge is 2.26. The molecule has 3 aromatic rings. The summed E-state index contributed by atoms with van der Waals surface area (Å²) in [7, 11) is 1.60. The Balaban J connectivity index is 2.17. The molecule has 0 aliphatic rings. The number of amides is 1. The number of hydrogen-bond donors (Lipinski definition) is 0. The average molecular weight is 394 g/mol. The standard InChI is InChI=1S/C19H12BrN3O2/c1-23-17(19(24)22-25)16(15(11-21)18(23)20)14-9-7-13(8-10-14)12-5-3-2-4-6-12/h2-10H,1H3. The highest BCUT2D eigenvalue weighted by atomic mass is 79.9. The van der Waals surface area contributed by atoms with Crippen molar-refractivity contribution in [2.24, 2.45) is 12.2 Å². The molecule has 0 aliphatic carbocycles. The van der Waals surface area contributed by atoms with Gasteiger partial charge in [-0.15, -0.1) is 4.91 Å². The van der Waals surface area contributed by atoms with Gasteiger partial charge < -0.3 is 4.57 Å². The topological polar surface area (TPSA) is 75.2 Å². The molecule has 0 radical (unpaired) electrons. The fourth-order valence-electron chi connectivity index (χ4n) is 2.79. The Hall–Kier alpha value is -3.04. The Morgan fingerprint density at radius 3 is 2.16 bits per heavy atom. The zero-order chi connectivity index (χ0) is 18.0. The summed E-state index contributed by atoms with van der Waals surface area (Å²) in [6.07, 6.45) is 0. The molecule has 0 unspecified atom stereocenters. The Labute approximate surface area is 152 Å². The van der Waals surface area contributed by atoms with Gasteiger partial charge in [-0.1, -0.05) is 54.6 Å². The van der Waals surface area contributed by atoms with E-state index in [0.717, 1.165) is 11.1 Å². The van der Waals surface area contributed by atoms with Gasteiger partial charge in [0.05, 0.1) is 5.56 Å². The lowest BCUT2D eigenvalue weighted by molar-refractivity contribution is 0.0993. The van der Waals surface area contributed by atoms with Gasteiger partial charge in [0.15, 0.2) is 0 Å². The molecule has 3 rings (SSSR count). The van der Waals surface area contributed by atoms with Crippen molar-refractivity contribution in [3.63, 3.8) is 0 Å². The van der Waals surface area contributed by atoms with Crippen LogP contribution in [0.3, 0.4) is 0 Å². The summed E-state index contributed by atoms with van der Waals surface area (Å²) >= 11 is 3.30. The molecule has 0 N–H and O–H groups in total. The summed E-state index contributed by atoms with van der Waals surface area (Å²) in [6, 6.07) is 19.4. The lowest BCUT2D eigenvalue weighted by Crippen LogP contribution is -2.04. The molecule has 0 saturated heterocycles. The summed E-state index contributed by atoms with van der Waals surface area (Å²) in [4.78, 5) is 22.7. The van der Waals surface area contributed by atoms with E-state index in [4.69, 9.17) is 0 Å². The number of hydrogen-bond acceptors (Lipinski definition) is 3. The molecule has 25 heavy (non-hydrogen) atoms. The number of aromatic nitrogens is 1. The van der Waals surface area contributed by atoms with Gasteiger partial charge >= 0.3 is 5.91 Å². The van der Waals surface area contributed by atoms with Gasteiger partial charge in [0.25, 0.3) is 0 Å². The average Bonchev–Trinajstić information content (AvgIpc) is 2.92. The van der Waals surface area contributed by atoms with E-state index in [1.54, 1.807) is 7.05 Å². The van der Waals surface area contributed by atoms with Gasteiger partial charge in [-0.25, -0.2) is 0 Å². The number of carbonyl (C=O) groups is 1. The Morgan fingerprint density at radius 2 is 1.60 bits per heavy atom. The second-order valence-electron chi connectivity index (χ2n) is 5.40. The van der Waals surface area contributed by atoms with Crippen LogP contribution in [0, 0.1) is 16.2 Å². The van der Waals surface area contributed by atoms with Crippen molar-refractivity contribution in [1.82, 2.24) is 4.57 Å². The van der Waals surface area contributed by atoms with Gasteiger partial charge in [0.1, 0.15) is 16.4 Å². The molecule has 0 atom stereocenters. The van der Waals surface area contributed by atoms with E-state index in [1.807, 2.05) is 54.6 Å². The normalized spacial score (nSPS) is 10.3. The molecule has 0 aliphatic heterocycles. The van der Waals surface area contributed by atoms with E-state index in [-0.39, 0.29) is 5.69 Å². The van der Waals surface area contributed by atoms with Gasteiger partial charge in [-0.2, -0.15) is 5.26 Å². The van der Waals surface area contributed by atoms with Crippen LogP contribution in [0.15, 0.2) is 64.4 Å². The number of nitriles is 1. The van der Waals surface area contributed by atoms with E-state index < -0.39 is 5.91 Å². The summed E-state index contributed by atoms with van der Waals surface area (Å²) in [5.41, 5.74) is 3.53. The number of halogens is 1. The first-order valence-electron chi connectivity index (χ1n) is 7.40. The van der Waals surface area contributed by atoms with Crippen LogP contribution in [-0.2, 0) is 7.05 Å². The molecule has 6 heteroatoms. The van der Waals surface area contributed by atoms with Crippen molar-refractivity contribution in [2.75, 3.05) is 0 Å². The quantitative estimate of drug-likeness (QED) is 0.593. The monoisotopic (exact) mass is 393 g/mol. The predicted molar refractivity (Wildman–Crippen MR) is 98.8 cm³/mol. The minimum absolute atomic E-state index is 0.0888. The number of benzene rings is 2. The molecular weight excluding hydrogens is 382 g/mol. The Morgan fingerprint density at radius 1 is 1.04 bits per heavy atom. The van der Waals surface area contributed by atoms with Crippen LogP contribution in [-0.4, -0.2) is 10.5 Å². The highest BCUT2D eigenvalue weighted by Crippen LogP contribution is 2.36. The summed E-state index contributed by atoms with van der Waals surface area (Å²) in [5.74, 6) is -0.910. The second kappa shape index (κ2) is 6.83. The number of nitroso groups, excluding NO2 is 1. The summed E-state index contributed by atoms with van der Waals surface area (Å²) < 4.78 is 1.90.